The van der Waals surface area contributed by atoms with E-state index in [0.717, 1.165) is 15.2 Å². The standard InChI is InChI=1S/C16H14N2O3S/c19-15-13-4-1-2-5-14(13)21-16(20)18(15)10-3-11-22-12-6-8-17-9-7-12/h1-2,4-9H,3,10-11H2. The van der Waals surface area contributed by atoms with Gasteiger partial charge in [0.25, 0.3) is 5.56 Å². The molecule has 0 aliphatic rings. The van der Waals surface area contributed by atoms with E-state index < -0.39 is 5.76 Å². The minimum Gasteiger partial charge on any atom is -0.409 e. The first-order valence-electron chi connectivity index (χ1n) is 6.91. The average Bonchev–Trinajstić information content (AvgIpc) is 2.55. The van der Waals surface area contributed by atoms with Crippen LogP contribution in [0.15, 0.2) is 67.7 Å². The molecule has 2 heterocycles. The number of aromatic nitrogens is 2. The van der Waals surface area contributed by atoms with Gasteiger partial charge in [-0.2, -0.15) is 0 Å². The molecule has 0 atom stereocenters. The quantitative estimate of drug-likeness (QED) is 0.535. The zero-order chi connectivity index (χ0) is 15.4. The van der Waals surface area contributed by atoms with Gasteiger partial charge < -0.3 is 4.42 Å². The van der Waals surface area contributed by atoms with Crippen molar-refractivity contribution in [2.45, 2.75) is 17.9 Å². The Morgan fingerprint density at radius 3 is 2.68 bits per heavy atom. The zero-order valence-corrected chi connectivity index (χ0v) is 12.6. The fourth-order valence-electron chi connectivity index (χ4n) is 2.15. The lowest BCUT2D eigenvalue weighted by Crippen LogP contribution is -2.32. The van der Waals surface area contributed by atoms with Crippen molar-refractivity contribution in [1.29, 1.82) is 0 Å². The number of para-hydroxylation sites is 1. The van der Waals surface area contributed by atoms with E-state index >= 15 is 0 Å². The van der Waals surface area contributed by atoms with Crippen molar-refractivity contribution in [1.82, 2.24) is 9.55 Å². The molecule has 6 heteroatoms. The Balaban J connectivity index is 1.72. The van der Waals surface area contributed by atoms with E-state index in [1.165, 1.54) is 0 Å². The van der Waals surface area contributed by atoms with Gasteiger partial charge in [-0.25, -0.2) is 9.36 Å². The fraction of sp³-hybridized carbons (Fsp3) is 0.188. The minimum atomic E-state index is -0.599. The van der Waals surface area contributed by atoms with Crippen LogP contribution < -0.4 is 11.3 Å². The molecule has 0 aliphatic carbocycles. The van der Waals surface area contributed by atoms with Crippen LogP contribution in [0.3, 0.4) is 0 Å². The Morgan fingerprint density at radius 1 is 1.09 bits per heavy atom. The van der Waals surface area contributed by atoms with E-state index in [1.54, 1.807) is 48.4 Å². The number of fused-ring (bicyclic) bond motifs is 1. The van der Waals surface area contributed by atoms with Crippen molar-refractivity contribution < 1.29 is 4.42 Å². The molecule has 0 aliphatic heterocycles. The smallest absolute Gasteiger partial charge is 0.409 e. The first-order valence-corrected chi connectivity index (χ1v) is 7.90. The van der Waals surface area contributed by atoms with Gasteiger partial charge in [0.2, 0.25) is 0 Å². The van der Waals surface area contributed by atoms with E-state index in [0.29, 0.717) is 23.9 Å². The molecule has 22 heavy (non-hydrogen) atoms. The van der Waals surface area contributed by atoms with Gasteiger partial charge in [0.1, 0.15) is 5.58 Å². The molecule has 0 bridgehead atoms. The average molecular weight is 314 g/mol. The van der Waals surface area contributed by atoms with Crippen LogP contribution in [0.5, 0.6) is 0 Å². The zero-order valence-electron chi connectivity index (χ0n) is 11.8. The van der Waals surface area contributed by atoms with Crippen molar-refractivity contribution in [2.75, 3.05) is 5.75 Å². The molecular weight excluding hydrogens is 300 g/mol. The van der Waals surface area contributed by atoms with Crippen LogP contribution in [0.2, 0.25) is 0 Å². The number of nitrogens with zero attached hydrogens (tertiary/aromatic N) is 2. The number of hydrogen-bond donors (Lipinski definition) is 0. The molecule has 112 valence electrons. The second-order valence-electron chi connectivity index (χ2n) is 4.71. The van der Waals surface area contributed by atoms with Crippen LogP contribution in [0.1, 0.15) is 6.42 Å². The summed E-state index contributed by atoms with van der Waals surface area (Å²) in [6.45, 7) is 0.351. The summed E-state index contributed by atoms with van der Waals surface area (Å²) >= 11 is 1.67. The van der Waals surface area contributed by atoms with Gasteiger partial charge in [0, 0.05) is 23.8 Å². The molecule has 0 N–H and O–H groups in total. The third-order valence-electron chi connectivity index (χ3n) is 3.22. The van der Waals surface area contributed by atoms with E-state index in [2.05, 4.69) is 4.98 Å². The largest absolute Gasteiger partial charge is 0.422 e. The number of hydrogen-bond acceptors (Lipinski definition) is 5. The van der Waals surface area contributed by atoms with Crippen LogP contribution in [-0.2, 0) is 6.54 Å². The number of pyridine rings is 1. The van der Waals surface area contributed by atoms with Crippen LogP contribution in [0.4, 0.5) is 0 Å². The second kappa shape index (κ2) is 6.62. The van der Waals surface area contributed by atoms with Crippen LogP contribution in [0, 0.1) is 0 Å². The van der Waals surface area contributed by atoms with Gasteiger partial charge in [-0.3, -0.25) is 9.78 Å². The molecule has 0 radical (unpaired) electrons. The summed E-state index contributed by atoms with van der Waals surface area (Å²) < 4.78 is 6.34. The molecule has 0 amide bonds. The third-order valence-corrected chi connectivity index (χ3v) is 4.32. The lowest BCUT2D eigenvalue weighted by molar-refractivity contribution is 0.454. The summed E-state index contributed by atoms with van der Waals surface area (Å²) in [5, 5.41) is 0.434. The first-order chi connectivity index (χ1) is 10.8. The Morgan fingerprint density at radius 2 is 1.86 bits per heavy atom. The molecule has 2 aromatic heterocycles. The van der Waals surface area contributed by atoms with E-state index in [1.807, 2.05) is 12.1 Å². The molecule has 3 aromatic rings. The number of benzene rings is 1. The predicted octanol–water partition coefficient (Wildman–Crippen LogP) is 2.53. The summed E-state index contributed by atoms with van der Waals surface area (Å²) in [6.07, 6.45) is 4.19. The highest BCUT2D eigenvalue weighted by molar-refractivity contribution is 7.99. The monoisotopic (exact) mass is 314 g/mol. The van der Waals surface area contributed by atoms with Crippen LogP contribution >= 0.6 is 11.8 Å². The SMILES string of the molecule is O=c1oc2ccccc2c(=O)n1CCCSc1ccncc1. The van der Waals surface area contributed by atoms with E-state index in [9.17, 15) is 9.59 Å². The number of thioether (sulfide) groups is 1. The van der Waals surface area contributed by atoms with Crippen molar-refractivity contribution in [3.8, 4) is 0 Å². The summed E-state index contributed by atoms with van der Waals surface area (Å²) in [5.74, 6) is 0.209. The summed E-state index contributed by atoms with van der Waals surface area (Å²) in [4.78, 5) is 29.3. The minimum absolute atomic E-state index is 0.291. The maximum absolute atomic E-state index is 12.3. The van der Waals surface area contributed by atoms with Gasteiger partial charge in [-0.1, -0.05) is 12.1 Å². The second-order valence-corrected chi connectivity index (χ2v) is 5.87. The maximum atomic E-state index is 12.3. The molecule has 5 nitrogen and oxygen atoms in total. The maximum Gasteiger partial charge on any atom is 0.422 e. The van der Waals surface area contributed by atoms with E-state index in [4.69, 9.17) is 4.42 Å². The highest BCUT2D eigenvalue weighted by atomic mass is 32.2. The highest BCUT2D eigenvalue weighted by Gasteiger charge is 2.08. The van der Waals surface area contributed by atoms with Gasteiger partial charge >= 0.3 is 5.76 Å². The molecule has 0 saturated carbocycles. The Hall–Kier alpha value is -2.34. The highest BCUT2D eigenvalue weighted by Crippen LogP contribution is 2.17. The van der Waals surface area contributed by atoms with Gasteiger partial charge in [-0.15, -0.1) is 11.8 Å². The summed E-state index contributed by atoms with van der Waals surface area (Å²) in [7, 11) is 0. The normalized spacial score (nSPS) is 10.9. The molecule has 0 fully saturated rings. The Bertz CT molecular complexity index is 887. The Kier molecular flexibility index (Phi) is 4.39. The molecule has 3 rings (SSSR count). The Labute approximate surface area is 130 Å². The molecule has 0 spiro atoms. The van der Waals surface area contributed by atoms with Crippen LogP contribution in [-0.4, -0.2) is 15.3 Å². The molecular formula is C16H14N2O3S. The predicted molar refractivity (Wildman–Crippen MR) is 86.3 cm³/mol. The summed E-state index contributed by atoms with van der Waals surface area (Å²) in [6, 6.07) is 10.7. The van der Waals surface area contributed by atoms with Gasteiger partial charge in [0.15, 0.2) is 0 Å². The first kappa shape index (κ1) is 14.6. The van der Waals surface area contributed by atoms with Crippen molar-refractivity contribution in [3.05, 3.63) is 69.7 Å². The fourth-order valence-corrected chi connectivity index (χ4v) is 2.97. The lowest BCUT2D eigenvalue weighted by Gasteiger charge is -2.05. The van der Waals surface area contributed by atoms with Crippen molar-refractivity contribution in [2.24, 2.45) is 0 Å². The molecule has 1 aromatic carbocycles. The third kappa shape index (κ3) is 3.12. The topological polar surface area (TPSA) is 65.1 Å². The molecule has 0 saturated heterocycles. The molecule has 0 unspecified atom stereocenters. The van der Waals surface area contributed by atoms with Crippen LogP contribution in [0.25, 0.3) is 11.0 Å². The van der Waals surface area contributed by atoms with Crippen molar-refractivity contribution >= 4 is 22.7 Å². The summed E-state index contributed by atoms with van der Waals surface area (Å²) in [5.41, 5.74) is 0.0423. The van der Waals surface area contributed by atoms with Crippen molar-refractivity contribution in [3.63, 3.8) is 0 Å². The van der Waals surface area contributed by atoms with Gasteiger partial charge in [0.05, 0.1) is 5.39 Å². The number of rotatable bonds is 5. The van der Waals surface area contributed by atoms with Gasteiger partial charge in [-0.05, 0) is 36.4 Å². The van der Waals surface area contributed by atoms with E-state index in [-0.39, 0.29) is 5.56 Å². The lowest BCUT2D eigenvalue weighted by atomic mass is 10.2.